The van der Waals surface area contributed by atoms with Gasteiger partial charge in [0.25, 0.3) is 5.91 Å². The van der Waals surface area contributed by atoms with Crippen molar-refractivity contribution in [1.82, 2.24) is 0 Å². The summed E-state index contributed by atoms with van der Waals surface area (Å²) in [5, 5.41) is 21.9. The van der Waals surface area contributed by atoms with E-state index >= 15 is 0 Å². The molecule has 2 aromatic carbocycles. The summed E-state index contributed by atoms with van der Waals surface area (Å²) in [5.74, 6) is -0.792. The van der Waals surface area contributed by atoms with Gasteiger partial charge < -0.3 is 15.5 Å². The molecule has 0 aliphatic heterocycles. The standard InChI is InChI=1S/C13H9Cl2NO3/c14-7-1-3-9(12(18)5-7)13(19)16-8-2-4-11(17)10(15)6-8/h1-6,17-18H,(H,16,19). The number of hydrogen-bond donors (Lipinski definition) is 3. The van der Waals surface area contributed by atoms with E-state index < -0.39 is 5.91 Å². The molecule has 0 aliphatic rings. The van der Waals surface area contributed by atoms with Crippen LogP contribution in [0.15, 0.2) is 36.4 Å². The fourth-order valence-electron chi connectivity index (χ4n) is 1.48. The Kier molecular flexibility index (Phi) is 3.83. The van der Waals surface area contributed by atoms with Crippen molar-refractivity contribution in [2.45, 2.75) is 0 Å². The van der Waals surface area contributed by atoms with Gasteiger partial charge in [0.2, 0.25) is 0 Å². The summed E-state index contributed by atoms with van der Waals surface area (Å²) in [6.45, 7) is 0. The predicted octanol–water partition coefficient (Wildman–Crippen LogP) is 3.66. The lowest BCUT2D eigenvalue weighted by atomic mass is 10.2. The maximum Gasteiger partial charge on any atom is 0.259 e. The van der Waals surface area contributed by atoms with E-state index in [2.05, 4.69) is 5.32 Å². The van der Waals surface area contributed by atoms with Gasteiger partial charge in [-0.15, -0.1) is 0 Å². The molecule has 0 aliphatic carbocycles. The number of hydrogen-bond acceptors (Lipinski definition) is 3. The van der Waals surface area contributed by atoms with E-state index in [9.17, 15) is 15.0 Å². The van der Waals surface area contributed by atoms with Crippen LogP contribution in [0.2, 0.25) is 10.0 Å². The molecule has 19 heavy (non-hydrogen) atoms. The maximum atomic E-state index is 11.9. The number of benzene rings is 2. The highest BCUT2D eigenvalue weighted by molar-refractivity contribution is 6.32. The normalized spacial score (nSPS) is 10.2. The summed E-state index contributed by atoms with van der Waals surface area (Å²) in [4.78, 5) is 11.9. The van der Waals surface area contributed by atoms with Crippen molar-refractivity contribution in [1.29, 1.82) is 0 Å². The molecule has 3 N–H and O–H groups in total. The molecule has 0 unspecified atom stereocenters. The second kappa shape index (κ2) is 5.38. The number of amides is 1. The predicted molar refractivity (Wildman–Crippen MR) is 74.2 cm³/mol. The lowest BCUT2D eigenvalue weighted by Gasteiger charge is -2.08. The number of aromatic hydroxyl groups is 2. The van der Waals surface area contributed by atoms with Gasteiger partial charge >= 0.3 is 0 Å². The number of anilines is 1. The van der Waals surface area contributed by atoms with Gasteiger partial charge in [0.05, 0.1) is 10.6 Å². The largest absolute Gasteiger partial charge is 0.507 e. The molecule has 0 aromatic heterocycles. The number of rotatable bonds is 2. The van der Waals surface area contributed by atoms with Crippen LogP contribution in [0.25, 0.3) is 0 Å². The molecule has 6 heteroatoms. The van der Waals surface area contributed by atoms with Crippen LogP contribution in [0.4, 0.5) is 5.69 Å². The van der Waals surface area contributed by atoms with Crippen LogP contribution in [0.5, 0.6) is 11.5 Å². The molecule has 1 amide bonds. The Morgan fingerprint density at radius 1 is 1.00 bits per heavy atom. The van der Waals surface area contributed by atoms with Crippen LogP contribution in [-0.4, -0.2) is 16.1 Å². The number of phenolic OH excluding ortho intramolecular Hbond substituents is 2. The SMILES string of the molecule is O=C(Nc1ccc(O)c(Cl)c1)c1ccc(Cl)cc1O. The van der Waals surface area contributed by atoms with Crippen molar-refractivity contribution < 1.29 is 15.0 Å². The van der Waals surface area contributed by atoms with E-state index in [1.165, 1.54) is 36.4 Å². The molecule has 0 saturated carbocycles. The van der Waals surface area contributed by atoms with Gasteiger partial charge in [-0.1, -0.05) is 23.2 Å². The zero-order valence-electron chi connectivity index (χ0n) is 9.52. The minimum atomic E-state index is -0.504. The molecule has 0 heterocycles. The van der Waals surface area contributed by atoms with Gasteiger partial charge in [-0.25, -0.2) is 0 Å². The smallest absolute Gasteiger partial charge is 0.259 e. The van der Waals surface area contributed by atoms with Crippen molar-refractivity contribution in [3.8, 4) is 11.5 Å². The van der Waals surface area contributed by atoms with Crippen LogP contribution in [-0.2, 0) is 0 Å². The van der Waals surface area contributed by atoms with E-state index in [0.29, 0.717) is 10.7 Å². The molecule has 0 spiro atoms. The van der Waals surface area contributed by atoms with Crippen LogP contribution in [0.3, 0.4) is 0 Å². The minimum absolute atomic E-state index is 0.0750. The summed E-state index contributed by atoms with van der Waals surface area (Å²) < 4.78 is 0. The molecular weight excluding hydrogens is 289 g/mol. The molecule has 0 atom stereocenters. The topological polar surface area (TPSA) is 69.6 Å². The van der Waals surface area contributed by atoms with Crippen LogP contribution < -0.4 is 5.32 Å². The Labute approximate surface area is 119 Å². The third-order valence-electron chi connectivity index (χ3n) is 2.41. The fourth-order valence-corrected chi connectivity index (χ4v) is 1.83. The molecule has 98 valence electrons. The highest BCUT2D eigenvalue weighted by Crippen LogP contribution is 2.27. The first-order chi connectivity index (χ1) is 8.97. The molecule has 0 radical (unpaired) electrons. The van der Waals surface area contributed by atoms with Gasteiger partial charge in [0.1, 0.15) is 11.5 Å². The Hall–Kier alpha value is -1.91. The third kappa shape index (κ3) is 3.10. The number of halogens is 2. The van der Waals surface area contributed by atoms with Gasteiger partial charge in [-0.2, -0.15) is 0 Å². The summed E-state index contributed by atoms with van der Waals surface area (Å²) >= 11 is 11.4. The first kappa shape index (κ1) is 13.5. The molecule has 0 saturated heterocycles. The average molecular weight is 298 g/mol. The van der Waals surface area contributed by atoms with Crippen LogP contribution >= 0.6 is 23.2 Å². The van der Waals surface area contributed by atoms with Gasteiger partial charge in [-0.3, -0.25) is 4.79 Å². The van der Waals surface area contributed by atoms with E-state index in [4.69, 9.17) is 23.2 Å². The fraction of sp³-hybridized carbons (Fsp3) is 0. The Balaban J connectivity index is 2.23. The third-order valence-corrected chi connectivity index (χ3v) is 2.95. The number of phenols is 2. The molecular formula is C13H9Cl2NO3. The van der Waals surface area contributed by atoms with E-state index in [1.807, 2.05) is 0 Å². The molecule has 0 fully saturated rings. The van der Waals surface area contributed by atoms with Crippen molar-refractivity contribution in [3.63, 3.8) is 0 Å². The zero-order valence-corrected chi connectivity index (χ0v) is 11.0. The highest BCUT2D eigenvalue weighted by atomic mass is 35.5. The number of carbonyl (C=O) groups excluding carboxylic acids is 1. The molecule has 4 nitrogen and oxygen atoms in total. The summed E-state index contributed by atoms with van der Waals surface area (Å²) in [5.41, 5.74) is 0.496. The van der Waals surface area contributed by atoms with Crippen molar-refractivity contribution >= 4 is 34.8 Å². The van der Waals surface area contributed by atoms with Crippen molar-refractivity contribution in [2.75, 3.05) is 5.32 Å². The quantitative estimate of drug-likeness (QED) is 0.741. The summed E-state index contributed by atoms with van der Waals surface area (Å²) in [7, 11) is 0. The summed E-state index contributed by atoms with van der Waals surface area (Å²) in [6, 6.07) is 8.45. The lowest BCUT2D eigenvalue weighted by molar-refractivity contribution is 0.102. The van der Waals surface area contributed by atoms with E-state index in [0.717, 1.165) is 0 Å². The monoisotopic (exact) mass is 297 g/mol. The van der Waals surface area contributed by atoms with Gasteiger partial charge in [0, 0.05) is 10.7 Å². The van der Waals surface area contributed by atoms with E-state index in [1.54, 1.807) is 0 Å². The van der Waals surface area contributed by atoms with Crippen LogP contribution in [0, 0.1) is 0 Å². The van der Waals surface area contributed by atoms with Gasteiger partial charge in [0.15, 0.2) is 0 Å². The van der Waals surface area contributed by atoms with Crippen molar-refractivity contribution in [2.24, 2.45) is 0 Å². The summed E-state index contributed by atoms with van der Waals surface area (Å²) in [6.07, 6.45) is 0. The van der Waals surface area contributed by atoms with E-state index in [-0.39, 0.29) is 22.1 Å². The van der Waals surface area contributed by atoms with Crippen molar-refractivity contribution in [3.05, 3.63) is 52.0 Å². The first-order valence-electron chi connectivity index (χ1n) is 5.26. The number of nitrogens with one attached hydrogen (secondary N) is 1. The Morgan fingerprint density at radius 2 is 1.74 bits per heavy atom. The Morgan fingerprint density at radius 3 is 2.37 bits per heavy atom. The average Bonchev–Trinajstić information content (AvgIpc) is 2.33. The molecule has 0 bridgehead atoms. The number of carbonyl (C=O) groups is 1. The zero-order chi connectivity index (χ0) is 14.0. The minimum Gasteiger partial charge on any atom is -0.507 e. The second-order valence-electron chi connectivity index (χ2n) is 3.78. The lowest BCUT2D eigenvalue weighted by Crippen LogP contribution is -2.11. The molecule has 2 rings (SSSR count). The Bertz CT molecular complexity index is 644. The van der Waals surface area contributed by atoms with Gasteiger partial charge in [-0.05, 0) is 36.4 Å². The highest BCUT2D eigenvalue weighted by Gasteiger charge is 2.12. The second-order valence-corrected chi connectivity index (χ2v) is 4.63. The molecule has 2 aromatic rings. The van der Waals surface area contributed by atoms with Crippen LogP contribution in [0.1, 0.15) is 10.4 Å². The maximum absolute atomic E-state index is 11.9. The first-order valence-corrected chi connectivity index (χ1v) is 6.01.